The van der Waals surface area contributed by atoms with E-state index in [9.17, 15) is 9.59 Å². The van der Waals surface area contributed by atoms with Gasteiger partial charge in [-0.15, -0.1) is 11.3 Å². The SMILES string of the molecule is Cc1nc(C)c(CC(=O)N2CCN(Cc3cccs3)CC2)c(=O)[nH]1. The molecule has 3 heterocycles. The highest BCUT2D eigenvalue weighted by molar-refractivity contribution is 7.09. The third-order valence-corrected chi connectivity index (χ3v) is 5.21. The highest BCUT2D eigenvalue weighted by atomic mass is 32.1. The summed E-state index contributed by atoms with van der Waals surface area (Å²) >= 11 is 1.76. The van der Waals surface area contributed by atoms with Gasteiger partial charge in [0.1, 0.15) is 5.82 Å². The van der Waals surface area contributed by atoms with Gasteiger partial charge in [0.25, 0.3) is 5.56 Å². The number of aromatic amines is 1. The van der Waals surface area contributed by atoms with E-state index < -0.39 is 0 Å². The molecule has 2 aromatic heterocycles. The van der Waals surface area contributed by atoms with E-state index in [1.54, 1.807) is 25.2 Å². The van der Waals surface area contributed by atoms with Gasteiger partial charge >= 0.3 is 0 Å². The van der Waals surface area contributed by atoms with Gasteiger partial charge in [-0.3, -0.25) is 14.5 Å². The molecule has 0 atom stereocenters. The first-order valence-electron chi connectivity index (χ1n) is 8.12. The average molecular weight is 346 g/mol. The number of amides is 1. The third-order valence-electron chi connectivity index (χ3n) is 4.35. The largest absolute Gasteiger partial charge is 0.340 e. The van der Waals surface area contributed by atoms with Gasteiger partial charge in [0.2, 0.25) is 5.91 Å². The van der Waals surface area contributed by atoms with Crippen molar-refractivity contribution in [3.8, 4) is 0 Å². The Morgan fingerprint density at radius 1 is 1.29 bits per heavy atom. The number of carbonyl (C=O) groups excluding carboxylic acids is 1. The van der Waals surface area contributed by atoms with Crippen molar-refractivity contribution in [2.45, 2.75) is 26.8 Å². The van der Waals surface area contributed by atoms with Gasteiger partial charge in [0.15, 0.2) is 0 Å². The zero-order valence-corrected chi connectivity index (χ0v) is 14.9. The topological polar surface area (TPSA) is 69.3 Å². The van der Waals surface area contributed by atoms with Crippen molar-refractivity contribution in [1.82, 2.24) is 19.8 Å². The smallest absolute Gasteiger partial charge is 0.254 e. The van der Waals surface area contributed by atoms with Gasteiger partial charge < -0.3 is 9.88 Å². The van der Waals surface area contributed by atoms with Crippen LogP contribution in [0.3, 0.4) is 0 Å². The van der Waals surface area contributed by atoms with Crippen LogP contribution in [-0.4, -0.2) is 51.9 Å². The highest BCUT2D eigenvalue weighted by Gasteiger charge is 2.23. The maximum atomic E-state index is 12.5. The van der Waals surface area contributed by atoms with Crippen molar-refractivity contribution >= 4 is 17.2 Å². The first kappa shape index (κ1) is 16.9. The van der Waals surface area contributed by atoms with Crippen LogP contribution in [-0.2, 0) is 17.8 Å². The number of rotatable bonds is 4. The van der Waals surface area contributed by atoms with E-state index in [2.05, 4.69) is 32.4 Å². The molecule has 1 N–H and O–H groups in total. The Hall–Kier alpha value is -1.99. The second-order valence-electron chi connectivity index (χ2n) is 6.13. The Bertz CT molecular complexity index is 761. The number of piperazine rings is 1. The van der Waals surface area contributed by atoms with Crippen molar-refractivity contribution < 1.29 is 4.79 Å². The Morgan fingerprint density at radius 3 is 2.67 bits per heavy atom. The van der Waals surface area contributed by atoms with Crippen LogP contribution in [0.5, 0.6) is 0 Å². The van der Waals surface area contributed by atoms with E-state index in [0.29, 0.717) is 30.2 Å². The van der Waals surface area contributed by atoms with Crippen LogP contribution in [0, 0.1) is 13.8 Å². The van der Waals surface area contributed by atoms with E-state index in [0.717, 1.165) is 19.6 Å². The molecular weight excluding hydrogens is 324 g/mol. The average Bonchev–Trinajstić information content (AvgIpc) is 3.04. The molecule has 0 bridgehead atoms. The first-order valence-corrected chi connectivity index (χ1v) is 9.00. The second kappa shape index (κ2) is 7.27. The minimum Gasteiger partial charge on any atom is -0.340 e. The monoisotopic (exact) mass is 346 g/mol. The molecule has 6 nitrogen and oxygen atoms in total. The van der Waals surface area contributed by atoms with Crippen LogP contribution < -0.4 is 5.56 Å². The van der Waals surface area contributed by atoms with Crippen molar-refractivity contribution in [2.75, 3.05) is 26.2 Å². The molecule has 7 heteroatoms. The van der Waals surface area contributed by atoms with Gasteiger partial charge in [0.05, 0.1) is 6.42 Å². The molecule has 0 spiro atoms. The standard InChI is InChI=1S/C17H22N4O2S/c1-12-15(17(23)19-13(2)18-12)10-16(22)21-7-5-20(6-8-21)11-14-4-3-9-24-14/h3-4,9H,5-8,10-11H2,1-2H3,(H,18,19,23). The summed E-state index contributed by atoms with van der Waals surface area (Å²) in [5.41, 5.74) is 0.914. The molecule has 3 rings (SSSR count). The molecule has 0 aliphatic carbocycles. The molecular formula is C17H22N4O2S. The van der Waals surface area contributed by atoms with Crippen LogP contribution in [0.2, 0.25) is 0 Å². The number of thiophene rings is 1. The molecule has 0 saturated carbocycles. The molecule has 1 fully saturated rings. The summed E-state index contributed by atoms with van der Waals surface area (Å²) in [6, 6.07) is 4.21. The predicted molar refractivity (Wildman–Crippen MR) is 94.2 cm³/mol. The number of hydrogen-bond acceptors (Lipinski definition) is 5. The Morgan fingerprint density at radius 2 is 2.04 bits per heavy atom. The van der Waals surface area contributed by atoms with Gasteiger partial charge in [-0.25, -0.2) is 4.98 Å². The van der Waals surface area contributed by atoms with E-state index in [1.807, 2.05) is 4.90 Å². The summed E-state index contributed by atoms with van der Waals surface area (Å²) in [4.78, 5) is 37.0. The third kappa shape index (κ3) is 3.91. The summed E-state index contributed by atoms with van der Waals surface area (Å²) in [7, 11) is 0. The van der Waals surface area contributed by atoms with E-state index in [1.165, 1.54) is 4.88 Å². The molecule has 1 aliphatic heterocycles. The lowest BCUT2D eigenvalue weighted by Gasteiger charge is -2.34. The maximum absolute atomic E-state index is 12.5. The summed E-state index contributed by atoms with van der Waals surface area (Å²) in [6.45, 7) is 7.62. The van der Waals surface area contributed by atoms with Gasteiger partial charge in [0, 0.05) is 48.9 Å². The number of aryl methyl sites for hydroxylation is 2. The fourth-order valence-corrected chi connectivity index (χ4v) is 3.75. The predicted octanol–water partition coefficient (Wildman–Crippen LogP) is 1.34. The summed E-state index contributed by atoms with van der Waals surface area (Å²) in [6.07, 6.45) is 0.124. The summed E-state index contributed by atoms with van der Waals surface area (Å²) < 4.78 is 0. The highest BCUT2D eigenvalue weighted by Crippen LogP contribution is 2.14. The van der Waals surface area contributed by atoms with Gasteiger partial charge in [-0.2, -0.15) is 0 Å². The maximum Gasteiger partial charge on any atom is 0.254 e. The van der Waals surface area contributed by atoms with Crippen LogP contribution in [0.25, 0.3) is 0 Å². The Labute approximate surface area is 145 Å². The lowest BCUT2D eigenvalue weighted by atomic mass is 10.1. The number of H-pyrrole nitrogens is 1. The molecule has 0 radical (unpaired) electrons. The minimum absolute atomic E-state index is 0.00465. The molecule has 0 aromatic carbocycles. The van der Waals surface area contributed by atoms with Crippen molar-refractivity contribution in [3.63, 3.8) is 0 Å². The lowest BCUT2D eigenvalue weighted by Crippen LogP contribution is -2.49. The fraction of sp³-hybridized carbons (Fsp3) is 0.471. The Kier molecular flexibility index (Phi) is 5.11. The molecule has 1 saturated heterocycles. The molecule has 1 amide bonds. The zero-order chi connectivity index (χ0) is 17.1. The van der Waals surface area contributed by atoms with E-state index >= 15 is 0 Å². The minimum atomic E-state index is -0.204. The number of aromatic nitrogens is 2. The van der Waals surface area contributed by atoms with Crippen LogP contribution in [0.1, 0.15) is 22.0 Å². The normalized spacial score (nSPS) is 15.7. The first-order chi connectivity index (χ1) is 11.5. The van der Waals surface area contributed by atoms with Crippen LogP contribution >= 0.6 is 11.3 Å². The van der Waals surface area contributed by atoms with E-state index in [-0.39, 0.29) is 17.9 Å². The number of nitrogens with one attached hydrogen (secondary N) is 1. The number of carbonyl (C=O) groups is 1. The summed E-state index contributed by atoms with van der Waals surface area (Å²) in [5.74, 6) is 0.584. The zero-order valence-electron chi connectivity index (χ0n) is 14.0. The quantitative estimate of drug-likeness (QED) is 0.907. The number of hydrogen-bond donors (Lipinski definition) is 1. The summed E-state index contributed by atoms with van der Waals surface area (Å²) in [5, 5.41) is 2.09. The van der Waals surface area contributed by atoms with Crippen molar-refractivity contribution in [2.24, 2.45) is 0 Å². The van der Waals surface area contributed by atoms with Gasteiger partial charge in [-0.1, -0.05) is 6.07 Å². The van der Waals surface area contributed by atoms with Crippen LogP contribution in [0.4, 0.5) is 0 Å². The molecule has 2 aromatic rings. The lowest BCUT2D eigenvalue weighted by molar-refractivity contribution is -0.132. The van der Waals surface area contributed by atoms with Crippen LogP contribution in [0.15, 0.2) is 22.3 Å². The Balaban J connectivity index is 1.57. The van der Waals surface area contributed by atoms with Gasteiger partial charge in [-0.05, 0) is 25.3 Å². The van der Waals surface area contributed by atoms with Crippen molar-refractivity contribution in [3.05, 3.63) is 49.8 Å². The van der Waals surface area contributed by atoms with Crippen molar-refractivity contribution in [1.29, 1.82) is 0 Å². The molecule has 0 unspecified atom stereocenters. The second-order valence-corrected chi connectivity index (χ2v) is 7.16. The fourth-order valence-electron chi connectivity index (χ4n) is 3.00. The number of nitrogens with zero attached hydrogens (tertiary/aromatic N) is 3. The molecule has 24 heavy (non-hydrogen) atoms. The molecule has 128 valence electrons. The molecule has 1 aliphatic rings. The van der Waals surface area contributed by atoms with E-state index in [4.69, 9.17) is 0 Å².